The van der Waals surface area contributed by atoms with Gasteiger partial charge in [0.2, 0.25) is 0 Å². The molecule has 0 amide bonds. The van der Waals surface area contributed by atoms with Crippen LogP contribution >= 0.6 is 0 Å². The van der Waals surface area contributed by atoms with Crippen molar-refractivity contribution in [2.75, 3.05) is 26.2 Å². The predicted molar refractivity (Wildman–Crippen MR) is 68.2 cm³/mol. The second-order valence-electron chi connectivity index (χ2n) is 4.76. The van der Waals surface area contributed by atoms with Crippen LogP contribution in [0.15, 0.2) is 18.2 Å². The van der Waals surface area contributed by atoms with Crippen molar-refractivity contribution in [3.63, 3.8) is 0 Å². The van der Waals surface area contributed by atoms with Crippen molar-refractivity contribution in [2.24, 2.45) is 0 Å². The molecule has 18 heavy (non-hydrogen) atoms. The highest BCUT2D eigenvalue weighted by atomic mass is 19.1. The van der Waals surface area contributed by atoms with Gasteiger partial charge in [-0.2, -0.15) is 0 Å². The molecule has 1 N–H and O–H groups in total. The second kappa shape index (κ2) is 6.16. The fourth-order valence-electron chi connectivity index (χ4n) is 2.27. The van der Waals surface area contributed by atoms with E-state index in [9.17, 15) is 9.50 Å². The zero-order chi connectivity index (χ0) is 13.0. The van der Waals surface area contributed by atoms with Gasteiger partial charge in [-0.1, -0.05) is 0 Å². The smallest absolute Gasteiger partial charge is 0.125 e. The summed E-state index contributed by atoms with van der Waals surface area (Å²) in [6, 6.07) is 4.27. The normalized spacial score (nSPS) is 17.9. The molecule has 0 saturated carbocycles. The maximum Gasteiger partial charge on any atom is 0.125 e. The summed E-state index contributed by atoms with van der Waals surface area (Å²) < 4.78 is 18.7. The van der Waals surface area contributed by atoms with Crippen molar-refractivity contribution >= 4 is 0 Å². The van der Waals surface area contributed by atoms with Crippen LogP contribution in [0, 0.1) is 5.82 Å². The number of hydrogen-bond donors (Lipinski definition) is 1. The van der Waals surface area contributed by atoms with Crippen LogP contribution in [0.2, 0.25) is 0 Å². The molecule has 0 spiro atoms. The quantitative estimate of drug-likeness (QED) is 0.874. The number of aliphatic hydroxyl groups is 1. The Morgan fingerprint density at radius 3 is 2.78 bits per heavy atom. The lowest BCUT2D eigenvalue weighted by molar-refractivity contribution is 0.186. The Kier molecular flexibility index (Phi) is 4.55. The number of nitrogens with zero attached hydrogens (tertiary/aromatic N) is 1. The van der Waals surface area contributed by atoms with E-state index < -0.39 is 6.10 Å². The van der Waals surface area contributed by atoms with E-state index in [1.165, 1.54) is 25.0 Å². The Morgan fingerprint density at radius 2 is 2.11 bits per heavy atom. The van der Waals surface area contributed by atoms with Crippen molar-refractivity contribution < 1.29 is 14.2 Å². The first-order valence-corrected chi connectivity index (χ1v) is 6.49. The lowest BCUT2D eigenvalue weighted by atomic mass is 10.1. The van der Waals surface area contributed by atoms with E-state index in [0.29, 0.717) is 17.9 Å². The SMILES string of the molecule is C[C@H](O)c1cc(F)ccc1OCCN1CCCC1. The number of ether oxygens (including phenoxy) is 1. The third kappa shape index (κ3) is 3.43. The summed E-state index contributed by atoms with van der Waals surface area (Å²) in [6.07, 6.45) is 1.80. The van der Waals surface area contributed by atoms with Gasteiger partial charge >= 0.3 is 0 Å². The molecule has 1 atom stereocenters. The van der Waals surface area contributed by atoms with Gasteiger partial charge in [-0.15, -0.1) is 0 Å². The van der Waals surface area contributed by atoms with E-state index in [1.807, 2.05) is 0 Å². The summed E-state index contributed by atoms with van der Waals surface area (Å²) in [6.45, 7) is 5.34. The van der Waals surface area contributed by atoms with Crippen LogP contribution < -0.4 is 4.74 Å². The van der Waals surface area contributed by atoms with Gasteiger partial charge in [0.05, 0.1) is 6.10 Å². The van der Waals surface area contributed by atoms with Crippen LogP contribution in [0.3, 0.4) is 0 Å². The van der Waals surface area contributed by atoms with Gasteiger partial charge in [0, 0.05) is 12.1 Å². The van der Waals surface area contributed by atoms with Gasteiger partial charge in [0.1, 0.15) is 18.2 Å². The van der Waals surface area contributed by atoms with E-state index in [0.717, 1.165) is 19.6 Å². The average Bonchev–Trinajstić information content (AvgIpc) is 2.84. The monoisotopic (exact) mass is 253 g/mol. The third-order valence-corrected chi connectivity index (χ3v) is 3.29. The van der Waals surface area contributed by atoms with Crippen molar-refractivity contribution in [1.82, 2.24) is 4.90 Å². The highest BCUT2D eigenvalue weighted by molar-refractivity contribution is 5.35. The molecular weight excluding hydrogens is 233 g/mol. The molecular formula is C14H20FNO2. The average molecular weight is 253 g/mol. The maximum absolute atomic E-state index is 13.1. The van der Waals surface area contributed by atoms with Crippen LogP contribution in [-0.4, -0.2) is 36.2 Å². The van der Waals surface area contributed by atoms with E-state index in [2.05, 4.69) is 4.90 Å². The molecule has 1 heterocycles. The van der Waals surface area contributed by atoms with Gasteiger partial charge < -0.3 is 9.84 Å². The molecule has 0 aliphatic carbocycles. The minimum Gasteiger partial charge on any atom is -0.492 e. The van der Waals surface area contributed by atoms with Crippen LogP contribution in [0.25, 0.3) is 0 Å². The molecule has 1 aliphatic heterocycles. The number of rotatable bonds is 5. The van der Waals surface area contributed by atoms with Crippen molar-refractivity contribution in [3.8, 4) is 5.75 Å². The Balaban J connectivity index is 1.91. The molecule has 1 aromatic carbocycles. The van der Waals surface area contributed by atoms with Crippen molar-refractivity contribution in [1.29, 1.82) is 0 Å². The summed E-state index contributed by atoms with van der Waals surface area (Å²) in [7, 11) is 0. The van der Waals surface area contributed by atoms with E-state index in [-0.39, 0.29) is 5.82 Å². The molecule has 0 unspecified atom stereocenters. The summed E-state index contributed by atoms with van der Waals surface area (Å²) in [4.78, 5) is 2.35. The first kappa shape index (κ1) is 13.3. The first-order valence-electron chi connectivity index (χ1n) is 6.49. The molecule has 0 bridgehead atoms. The molecule has 3 nitrogen and oxygen atoms in total. The van der Waals surface area contributed by atoms with Crippen molar-refractivity contribution in [3.05, 3.63) is 29.6 Å². The molecule has 1 fully saturated rings. The second-order valence-corrected chi connectivity index (χ2v) is 4.76. The van der Waals surface area contributed by atoms with Crippen molar-refractivity contribution in [2.45, 2.75) is 25.9 Å². The highest BCUT2D eigenvalue weighted by Crippen LogP contribution is 2.25. The van der Waals surface area contributed by atoms with Gasteiger partial charge in [-0.3, -0.25) is 4.90 Å². The van der Waals surface area contributed by atoms with Crippen LogP contribution in [0.5, 0.6) is 5.75 Å². The fraction of sp³-hybridized carbons (Fsp3) is 0.571. The summed E-state index contributed by atoms with van der Waals surface area (Å²) in [5, 5.41) is 9.58. The molecule has 1 saturated heterocycles. The van der Waals surface area contributed by atoms with Gasteiger partial charge in [-0.05, 0) is 51.1 Å². The zero-order valence-corrected chi connectivity index (χ0v) is 10.7. The topological polar surface area (TPSA) is 32.7 Å². The Hall–Kier alpha value is -1.13. The molecule has 0 radical (unpaired) electrons. The Bertz CT molecular complexity index is 389. The largest absolute Gasteiger partial charge is 0.492 e. The summed E-state index contributed by atoms with van der Waals surface area (Å²) >= 11 is 0. The maximum atomic E-state index is 13.1. The molecule has 1 aromatic rings. The van der Waals surface area contributed by atoms with Gasteiger partial charge in [0.15, 0.2) is 0 Å². The zero-order valence-electron chi connectivity index (χ0n) is 10.7. The predicted octanol–water partition coefficient (Wildman–Crippen LogP) is 2.35. The summed E-state index contributed by atoms with van der Waals surface area (Å²) in [5.74, 6) is 0.225. The third-order valence-electron chi connectivity index (χ3n) is 3.29. The molecule has 4 heteroatoms. The van der Waals surface area contributed by atoms with E-state index in [4.69, 9.17) is 4.74 Å². The van der Waals surface area contributed by atoms with Gasteiger partial charge in [0.25, 0.3) is 0 Å². The molecule has 0 aromatic heterocycles. The molecule has 2 rings (SSSR count). The molecule has 1 aliphatic rings. The minimum atomic E-state index is -0.720. The number of hydrogen-bond acceptors (Lipinski definition) is 3. The first-order chi connectivity index (χ1) is 8.66. The van der Waals surface area contributed by atoms with E-state index >= 15 is 0 Å². The minimum absolute atomic E-state index is 0.349. The lowest BCUT2D eigenvalue weighted by Crippen LogP contribution is -2.25. The number of benzene rings is 1. The standard InChI is InChI=1S/C14H20FNO2/c1-11(17)13-10-12(15)4-5-14(13)18-9-8-16-6-2-3-7-16/h4-5,10-11,17H,2-3,6-9H2,1H3/t11-/m0/s1. The van der Waals surface area contributed by atoms with Crippen LogP contribution in [0.1, 0.15) is 31.4 Å². The fourth-order valence-corrected chi connectivity index (χ4v) is 2.27. The van der Waals surface area contributed by atoms with E-state index in [1.54, 1.807) is 13.0 Å². The van der Waals surface area contributed by atoms with Crippen LogP contribution in [-0.2, 0) is 0 Å². The van der Waals surface area contributed by atoms with Crippen LogP contribution in [0.4, 0.5) is 4.39 Å². The lowest BCUT2D eigenvalue weighted by Gasteiger charge is -2.17. The Morgan fingerprint density at radius 1 is 1.39 bits per heavy atom. The van der Waals surface area contributed by atoms with Gasteiger partial charge in [-0.25, -0.2) is 4.39 Å². The number of halogens is 1. The highest BCUT2D eigenvalue weighted by Gasteiger charge is 2.13. The molecule has 100 valence electrons. The number of aliphatic hydroxyl groups excluding tert-OH is 1. The summed E-state index contributed by atoms with van der Waals surface area (Å²) in [5.41, 5.74) is 0.511. The number of likely N-dealkylation sites (tertiary alicyclic amines) is 1. The Labute approximate surface area is 107 Å².